The van der Waals surface area contributed by atoms with E-state index in [-0.39, 0.29) is 5.76 Å². The van der Waals surface area contributed by atoms with Crippen molar-refractivity contribution in [2.75, 3.05) is 6.54 Å². The van der Waals surface area contributed by atoms with Gasteiger partial charge in [0.25, 0.3) is 0 Å². The van der Waals surface area contributed by atoms with Crippen molar-refractivity contribution in [3.05, 3.63) is 34.3 Å². The molecule has 0 aliphatic heterocycles. The van der Waals surface area contributed by atoms with Crippen LogP contribution in [0.2, 0.25) is 0 Å². The highest BCUT2D eigenvalue weighted by molar-refractivity contribution is 5.73. The lowest BCUT2D eigenvalue weighted by atomic mass is 10.1. The van der Waals surface area contributed by atoms with E-state index in [2.05, 4.69) is 6.07 Å². The maximum Gasteiger partial charge on any atom is 0.419 e. The second-order valence-corrected chi connectivity index (χ2v) is 4.16. The zero-order chi connectivity index (χ0) is 12.3. The van der Waals surface area contributed by atoms with Gasteiger partial charge in [-0.3, -0.25) is 4.57 Å². The molecule has 92 valence electrons. The number of benzene rings is 1. The van der Waals surface area contributed by atoms with Crippen LogP contribution in [-0.2, 0) is 13.0 Å². The zero-order valence-electron chi connectivity index (χ0n) is 10.1. The van der Waals surface area contributed by atoms with E-state index in [1.165, 1.54) is 5.56 Å². The van der Waals surface area contributed by atoms with E-state index in [1.807, 2.05) is 19.1 Å². The van der Waals surface area contributed by atoms with Crippen LogP contribution in [0.25, 0.3) is 11.1 Å². The second kappa shape index (κ2) is 5.19. The summed E-state index contributed by atoms with van der Waals surface area (Å²) in [5.74, 6) is -0.276. The first kappa shape index (κ1) is 11.9. The van der Waals surface area contributed by atoms with Gasteiger partial charge < -0.3 is 10.2 Å². The fourth-order valence-electron chi connectivity index (χ4n) is 2.04. The van der Waals surface area contributed by atoms with Crippen molar-refractivity contribution < 1.29 is 4.42 Å². The number of aromatic nitrogens is 1. The van der Waals surface area contributed by atoms with Crippen molar-refractivity contribution in [1.29, 1.82) is 0 Å². The summed E-state index contributed by atoms with van der Waals surface area (Å²) in [5, 5.41) is 0. The molecule has 0 radical (unpaired) electrons. The maximum absolute atomic E-state index is 11.5. The molecular formula is C13H18N2O2. The van der Waals surface area contributed by atoms with Gasteiger partial charge in [0.1, 0.15) is 0 Å². The number of aryl methyl sites for hydroxylation is 2. The molecule has 4 heteroatoms. The van der Waals surface area contributed by atoms with E-state index in [0.717, 1.165) is 31.3 Å². The van der Waals surface area contributed by atoms with E-state index >= 15 is 0 Å². The number of nitrogens with zero attached hydrogens (tertiary/aromatic N) is 1. The Morgan fingerprint density at radius 2 is 2.18 bits per heavy atom. The lowest BCUT2D eigenvalue weighted by Crippen LogP contribution is -2.11. The van der Waals surface area contributed by atoms with Crippen molar-refractivity contribution in [1.82, 2.24) is 4.57 Å². The highest BCUT2D eigenvalue weighted by Gasteiger charge is 2.07. The predicted octanol–water partition coefficient (Wildman–Crippen LogP) is 1.90. The third-order valence-corrected chi connectivity index (χ3v) is 2.97. The summed E-state index contributed by atoms with van der Waals surface area (Å²) in [4.78, 5) is 11.5. The lowest BCUT2D eigenvalue weighted by Gasteiger charge is -2.01. The summed E-state index contributed by atoms with van der Waals surface area (Å²) in [6.07, 6.45) is 3.08. The van der Waals surface area contributed by atoms with Crippen LogP contribution in [0.15, 0.2) is 27.4 Å². The smallest absolute Gasteiger partial charge is 0.408 e. The van der Waals surface area contributed by atoms with E-state index in [4.69, 9.17) is 10.2 Å². The molecule has 0 atom stereocenters. The van der Waals surface area contributed by atoms with Gasteiger partial charge in [-0.2, -0.15) is 0 Å². The third-order valence-electron chi connectivity index (χ3n) is 2.97. The number of fused-ring (bicyclic) bond motifs is 1. The van der Waals surface area contributed by atoms with Gasteiger partial charge in [0.2, 0.25) is 0 Å². The lowest BCUT2D eigenvalue weighted by molar-refractivity contribution is 0.513. The van der Waals surface area contributed by atoms with E-state index in [0.29, 0.717) is 12.1 Å². The molecule has 1 aromatic carbocycles. The highest BCUT2D eigenvalue weighted by Crippen LogP contribution is 2.16. The van der Waals surface area contributed by atoms with Crippen LogP contribution in [0.5, 0.6) is 0 Å². The number of oxazole rings is 1. The fraction of sp³-hybridized carbons (Fsp3) is 0.462. The van der Waals surface area contributed by atoms with Crippen molar-refractivity contribution in [2.24, 2.45) is 5.73 Å². The Kier molecular flexibility index (Phi) is 3.64. The molecule has 2 rings (SSSR count). The molecule has 0 aliphatic carbocycles. The van der Waals surface area contributed by atoms with Gasteiger partial charge in [-0.25, -0.2) is 4.79 Å². The van der Waals surface area contributed by atoms with Crippen LogP contribution in [-0.4, -0.2) is 11.1 Å². The Balaban J connectivity index is 2.29. The zero-order valence-corrected chi connectivity index (χ0v) is 10.1. The molecule has 0 unspecified atom stereocenters. The van der Waals surface area contributed by atoms with Crippen LogP contribution in [0.1, 0.15) is 25.3 Å². The van der Waals surface area contributed by atoms with Gasteiger partial charge >= 0.3 is 5.76 Å². The Morgan fingerprint density at radius 3 is 2.88 bits per heavy atom. The molecule has 0 spiro atoms. The molecule has 2 N–H and O–H groups in total. The van der Waals surface area contributed by atoms with Gasteiger partial charge in [-0.15, -0.1) is 0 Å². The first-order chi connectivity index (χ1) is 8.26. The molecule has 1 heterocycles. The van der Waals surface area contributed by atoms with Gasteiger partial charge in [-0.05, 0) is 50.4 Å². The standard InChI is InChI=1S/C13H18N2O2/c1-2-15-11-7-6-10(5-3-4-8-14)9-12(11)17-13(15)16/h6-7,9H,2-5,8,14H2,1H3. The van der Waals surface area contributed by atoms with Crippen LogP contribution in [0.4, 0.5) is 0 Å². The molecular weight excluding hydrogens is 216 g/mol. The molecule has 0 saturated heterocycles. The summed E-state index contributed by atoms with van der Waals surface area (Å²) in [5.41, 5.74) is 8.22. The Bertz CT molecular complexity index is 554. The van der Waals surface area contributed by atoms with Crippen LogP contribution >= 0.6 is 0 Å². The van der Waals surface area contributed by atoms with E-state index in [9.17, 15) is 4.79 Å². The Hall–Kier alpha value is -1.55. The molecule has 0 saturated carbocycles. The average Bonchev–Trinajstić information content (AvgIpc) is 2.64. The minimum atomic E-state index is -0.276. The molecule has 0 amide bonds. The number of nitrogens with two attached hydrogens (primary N) is 1. The topological polar surface area (TPSA) is 61.2 Å². The van der Waals surface area contributed by atoms with E-state index in [1.54, 1.807) is 4.57 Å². The van der Waals surface area contributed by atoms with Gasteiger partial charge in [0.15, 0.2) is 5.58 Å². The molecule has 0 fully saturated rings. The van der Waals surface area contributed by atoms with Gasteiger partial charge in [-0.1, -0.05) is 6.07 Å². The Labute approximate surface area is 100 Å². The van der Waals surface area contributed by atoms with Crippen LogP contribution < -0.4 is 11.5 Å². The molecule has 0 bridgehead atoms. The van der Waals surface area contributed by atoms with Crippen molar-refractivity contribution >= 4 is 11.1 Å². The third kappa shape index (κ3) is 2.42. The molecule has 1 aromatic heterocycles. The highest BCUT2D eigenvalue weighted by atomic mass is 16.4. The van der Waals surface area contributed by atoms with Crippen molar-refractivity contribution in [3.63, 3.8) is 0 Å². The summed E-state index contributed by atoms with van der Waals surface area (Å²) in [7, 11) is 0. The number of rotatable bonds is 5. The fourth-order valence-corrected chi connectivity index (χ4v) is 2.04. The molecule has 17 heavy (non-hydrogen) atoms. The summed E-state index contributed by atoms with van der Waals surface area (Å²) in [6.45, 7) is 3.30. The van der Waals surface area contributed by atoms with Crippen molar-refractivity contribution in [2.45, 2.75) is 32.7 Å². The van der Waals surface area contributed by atoms with Crippen LogP contribution in [0.3, 0.4) is 0 Å². The second-order valence-electron chi connectivity index (χ2n) is 4.16. The average molecular weight is 234 g/mol. The molecule has 2 aromatic rings. The molecule has 0 aliphatic rings. The minimum Gasteiger partial charge on any atom is -0.408 e. The summed E-state index contributed by atoms with van der Waals surface area (Å²) in [6, 6.07) is 5.97. The largest absolute Gasteiger partial charge is 0.419 e. The number of hydrogen-bond acceptors (Lipinski definition) is 3. The van der Waals surface area contributed by atoms with E-state index < -0.39 is 0 Å². The SMILES string of the molecule is CCn1c(=O)oc2cc(CCCCN)ccc21. The van der Waals surface area contributed by atoms with Gasteiger partial charge in [0, 0.05) is 6.54 Å². The summed E-state index contributed by atoms with van der Waals surface area (Å²) >= 11 is 0. The first-order valence-corrected chi connectivity index (χ1v) is 6.08. The number of hydrogen-bond donors (Lipinski definition) is 1. The van der Waals surface area contributed by atoms with Gasteiger partial charge in [0.05, 0.1) is 5.52 Å². The molecule has 4 nitrogen and oxygen atoms in total. The predicted molar refractivity (Wildman–Crippen MR) is 68.1 cm³/mol. The van der Waals surface area contributed by atoms with Crippen molar-refractivity contribution in [3.8, 4) is 0 Å². The van der Waals surface area contributed by atoms with Crippen LogP contribution in [0, 0.1) is 0 Å². The maximum atomic E-state index is 11.5. The first-order valence-electron chi connectivity index (χ1n) is 6.08. The number of unbranched alkanes of at least 4 members (excludes halogenated alkanes) is 1. The monoisotopic (exact) mass is 234 g/mol. The minimum absolute atomic E-state index is 0.276. The normalized spacial score (nSPS) is 11.2. The Morgan fingerprint density at radius 1 is 1.35 bits per heavy atom. The quantitative estimate of drug-likeness (QED) is 0.804. The summed E-state index contributed by atoms with van der Waals surface area (Å²) < 4.78 is 6.86.